The van der Waals surface area contributed by atoms with Crippen molar-refractivity contribution in [3.05, 3.63) is 77.0 Å². The van der Waals surface area contributed by atoms with E-state index in [4.69, 9.17) is 11.6 Å². The molecule has 0 saturated carbocycles. The van der Waals surface area contributed by atoms with E-state index in [1.54, 1.807) is 12.4 Å². The second-order valence-corrected chi connectivity index (χ2v) is 5.63. The number of halogens is 1. The highest BCUT2D eigenvalue weighted by Gasteiger charge is 2.01. The Kier molecular flexibility index (Phi) is 4.69. The van der Waals surface area contributed by atoms with Gasteiger partial charge in [-0.3, -0.25) is 10.4 Å². The van der Waals surface area contributed by atoms with Crippen LogP contribution in [0, 0.1) is 0 Å². The lowest BCUT2D eigenvalue weighted by atomic mass is 10.1. The normalized spacial score (nSPS) is 12.0. The first-order valence-corrected chi connectivity index (χ1v) is 7.67. The molecule has 0 atom stereocenters. The molecule has 0 fully saturated rings. The van der Waals surface area contributed by atoms with Crippen LogP contribution in [0.5, 0.6) is 0 Å². The fourth-order valence-corrected chi connectivity index (χ4v) is 2.44. The Bertz CT molecular complexity index is 870. The lowest BCUT2D eigenvalue weighted by molar-refractivity contribution is 1.33. The number of allylic oxidation sites excluding steroid dienone is 1. The van der Waals surface area contributed by atoms with Gasteiger partial charge >= 0.3 is 0 Å². The van der Waals surface area contributed by atoms with Crippen molar-refractivity contribution in [2.24, 2.45) is 5.10 Å². The van der Waals surface area contributed by atoms with E-state index in [-0.39, 0.29) is 0 Å². The molecule has 4 heteroatoms. The van der Waals surface area contributed by atoms with Gasteiger partial charge in [0, 0.05) is 16.6 Å². The number of nitrogens with zero attached hydrogens (tertiary/aromatic N) is 2. The van der Waals surface area contributed by atoms with Gasteiger partial charge in [-0.1, -0.05) is 48.0 Å². The molecule has 114 valence electrons. The van der Waals surface area contributed by atoms with Gasteiger partial charge < -0.3 is 0 Å². The Morgan fingerprint density at radius 3 is 2.78 bits per heavy atom. The van der Waals surface area contributed by atoms with E-state index < -0.39 is 0 Å². The third kappa shape index (κ3) is 3.96. The molecular formula is C19H16ClN3. The van der Waals surface area contributed by atoms with Crippen molar-refractivity contribution in [2.75, 3.05) is 5.43 Å². The van der Waals surface area contributed by atoms with Crippen molar-refractivity contribution >= 4 is 40.5 Å². The maximum absolute atomic E-state index is 6.00. The number of anilines is 1. The van der Waals surface area contributed by atoms with Crippen molar-refractivity contribution in [1.82, 2.24) is 4.98 Å². The molecule has 2 aromatic carbocycles. The van der Waals surface area contributed by atoms with Gasteiger partial charge in [-0.15, -0.1) is 0 Å². The maximum atomic E-state index is 6.00. The van der Waals surface area contributed by atoms with Crippen molar-refractivity contribution in [3.63, 3.8) is 0 Å². The molecule has 1 N–H and O–H groups in total. The summed E-state index contributed by atoms with van der Waals surface area (Å²) in [5.41, 5.74) is 7.02. The van der Waals surface area contributed by atoms with Crippen LogP contribution in [0.1, 0.15) is 12.5 Å². The number of nitrogens with one attached hydrogen (secondary N) is 1. The molecular weight excluding hydrogens is 306 g/mol. The second kappa shape index (κ2) is 7.07. The van der Waals surface area contributed by atoms with Crippen LogP contribution >= 0.6 is 11.6 Å². The molecule has 3 aromatic rings. The summed E-state index contributed by atoms with van der Waals surface area (Å²) in [7, 11) is 0. The maximum Gasteiger partial charge on any atom is 0.0738 e. The molecule has 0 radical (unpaired) electrons. The number of benzene rings is 2. The summed E-state index contributed by atoms with van der Waals surface area (Å²) in [6, 6.07) is 17.7. The van der Waals surface area contributed by atoms with Crippen LogP contribution in [0.2, 0.25) is 5.02 Å². The number of pyridine rings is 1. The predicted molar refractivity (Wildman–Crippen MR) is 99.0 cm³/mol. The minimum Gasteiger partial charge on any atom is -0.278 e. The lowest BCUT2D eigenvalue weighted by Crippen LogP contribution is -1.92. The number of aromatic nitrogens is 1. The van der Waals surface area contributed by atoms with E-state index >= 15 is 0 Å². The first-order valence-electron chi connectivity index (χ1n) is 7.29. The van der Waals surface area contributed by atoms with E-state index in [1.807, 2.05) is 49.4 Å². The number of hydrogen-bond donors (Lipinski definition) is 1. The standard InChI is InChI=1S/C19H16ClN3/c1-14(11-15-5-3-2-4-6-15)13-22-23-18-9-10-21-19-12-16(20)7-8-17(18)19/h2-13H,1H3,(H,21,23)/b14-11+,22-13+. The first-order chi connectivity index (χ1) is 11.2. The lowest BCUT2D eigenvalue weighted by Gasteiger charge is -2.05. The molecule has 0 amide bonds. The summed E-state index contributed by atoms with van der Waals surface area (Å²) in [4.78, 5) is 4.31. The Hall–Kier alpha value is -2.65. The molecule has 0 spiro atoms. The van der Waals surface area contributed by atoms with E-state index in [9.17, 15) is 0 Å². The van der Waals surface area contributed by atoms with Gasteiger partial charge in [0.2, 0.25) is 0 Å². The average Bonchev–Trinajstić information content (AvgIpc) is 2.55. The van der Waals surface area contributed by atoms with Crippen LogP contribution in [0.25, 0.3) is 17.0 Å². The molecule has 0 aliphatic heterocycles. The summed E-state index contributed by atoms with van der Waals surface area (Å²) in [6.07, 6.45) is 5.62. The molecule has 1 aromatic heterocycles. The minimum absolute atomic E-state index is 0.673. The molecule has 0 bridgehead atoms. The van der Waals surface area contributed by atoms with Gasteiger partial charge in [-0.05, 0) is 42.3 Å². The Morgan fingerprint density at radius 1 is 1.13 bits per heavy atom. The second-order valence-electron chi connectivity index (χ2n) is 5.19. The van der Waals surface area contributed by atoms with Crippen LogP contribution in [0.15, 0.2) is 71.5 Å². The molecule has 3 nitrogen and oxygen atoms in total. The van der Waals surface area contributed by atoms with Gasteiger partial charge in [0.15, 0.2) is 0 Å². The van der Waals surface area contributed by atoms with E-state index in [0.717, 1.165) is 27.7 Å². The summed E-state index contributed by atoms with van der Waals surface area (Å²) in [5.74, 6) is 0. The van der Waals surface area contributed by atoms with E-state index in [0.29, 0.717) is 5.02 Å². The van der Waals surface area contributed by atoms with Crippen LogP contribution in [0.3, 0.4) is 0 Å². The van der Waals surface area contributed by atoms with Crippen LogP contribution in [0.4, 0.5) is 5.69 Å². The molecule has 0 aliphatic rings. The minimum atomic E-state index is 0.673. The van der Waals surface area contributed by atoms with Crippen LogP contribution < -0.4 is 5.43 Å². The zero-order valence-electron chi connectivity index (χ0n) is 12.7. The van der Waals surface area contributed by atoms with Crippen molar-refractivity contribution in [3.8, 4) is 0 Å². The van der Waals surface area contributed by atoms with E-state index in [2.05, 4.69) is 33.7 Å². The van der Waals surface area contributed by atoms with Crippen LogP contribution in [-0.4, -0.2) is 11.2 Å². The summed E-state index contributed by atoms with van der Waals surface area (Å²) in [6.45, 7) is 2.02. The Balaban J connectivity index is 1.77. The van der Waals surface area contributed by atoms with Crippen LogP contribution in [-0.2, 0) is 0 Å². The molecule has 3 rings (SSSR count). The fraction of sp³-hybridized carbons (Fsp3) is 0.0526. The molecule has 0 aliphatic carbocycles. The van der Waals surface area contributed by atoms with Crippen molar-refractivity contribution < 1.29 is 0 Å². The summed E-state index contributed by atoms with van der Waals surface area (Å²) < 4.78 is 0. The Labute approximate surface area is 140 Å². The summed E-state index contributed by atoms with van der Waals surface area (Å²) in [5, 5.41) is 5.96. The third-order valence-corrected chi connectivity index (χ3v) is 3.59. The van der Waals surface area contributed by atoms with Crippen molar-refractivity contribution in [2.45, 2.75) is 6.92 Å². The first kappa shape index (κ1) is 15.3. The number of hydrazone groups is 1. The number of fused-ring (bicyclic) bond motifs is 1. The topological polar surface area (TPSA) is 37.3 Å². The largest absolute Gasteiger partial charge is 0.278 e. The van der Waals surface area contributed by atoms with Gasteiger partial charge in [-0.25, -0.2) is 0 Å². The highest BCUT2D eigenvalue weighted by molar-refractivity contribution is 6.31. The highest BCUT2D eigenvalue weighted by atomic mass is 35.5. The quantitative estimate of drug-likeness (QED) is 0.516. The molecule has 0 saturated heterocycles. The van der Waals surface area contributed by atoms with E-state index in [1.165, 1.54) is 0 Å². The van der Waals surface area contributed by atoms with Crippen molar-refractivity contribution in [1.29, 1.82) is 0 Å². The smallest absolute Gasteiger partial charge is 0.0738 e. The monoisotopic (exact) mass is 321 g/mol. The zero-order valence-corrected chi connectivity index (χ0v) is 13.5. The number of hydrogen-bond acceptors (Lipinski definition) is 3. The molecule has 23 heavy (non-hydrogen) atoms. The molecule has 0 unspecified atom stereocenters. The van der Waals surface area contributed by atoms with Gasteiger partial charge in [0.05, 0.1) is 17.4 Å². The van der Waals surface area contributed by atoms with Gasteiger partial charge in [-0.2, -0.15) is 5.10 Å². The highest BCUT2D eigenvalue weighted by Crippen LogP contribution is 2.24. The fourth-order valence-electron chi connectivity index (χ4n) is 2.27. The zero-order chi connectivity index (χ0) is 16.1. The third-order valence-electron chi connectivity index (χ3n) is 3.35. The molecule has 1 heterocycles. The van der Waals surface area contributed by atoms with Gasteiger partial charge in [0.25, 0.3) is 0 Å². The Morgan fingerprint density at radius 2 is 1.96 bits per heavy atom. The predicted octanol–water partition coefficient (Wildman–Crippen LogP) is 5.39. The average molecular weight is 322 g/mol. The SMILES string of the molecule is CC(/C=N/Nc1ccnc2cc(Cl)ccc12)=C\c1ccccc1. The van der Waals surface area contributed by atoms with Gasteiger partial charge in [0.1, 0.15) is 0 Å². The number of rotatable bonds is 4. The summed E-state index contributed by atoms with van der Waals surface area (Å²) >= 11 is 6.00.